The Hall–Kier alpha value is -1.46. The molecule has 6 heteroatoms. The van der Waals surface area contributed by atoms with Gasteiger partial charge >= 0.3 is 0 Å². The average Bonchev–Trinajstić information content (AvgIpc) is 3.04. The predicted octanol–water partition coefficient (Wildman–Crippen LogP) is 2.61. The van der Waals surface area contributed by atoms with E-state index in [1.54, 1.807) is 12.1 Å². The minimum Gasteiger partial charge on any atom is -0.307 e. The van der Waals surface area contributed by atoms with Crippen LogP contribution in [-0.2, 0) is 6.42 Å². The van der Waals surface area contributed by atoms with Crippen molar-refractivity contribution in [1.29, 1.82) is 0 Å². The molecule has 1 atom stereocenters. The van der Waals surface area contributed by atoms with Crippen LogP contribution in [0.1, 0.15) is 36.1 Å². The van der Waals surface area contributed by atoms with Crippen LogP contribution >= 0.6 is 11.6 Å². The Morgan fingerprint density at radius 3 is 3.05 bits per heavy atom. The Bertz CT molecular complexity index is 558. The van der Waals surface area contributed by atoms with Crippen LogP contribution in [0.2, 0.25) is 5.02 Å². The first-order valence-corrected chi connectivity index (χ1v) is 6.69. The molecule has 0 radical (unpaired) electrons. The highest BCUT2D eigenvalue weighted by Gasteiger charge is 2.20. The van der Waals surface area contributed by atoms with E-state index >= 15 is 0 Å². The summed E-state index contributed by atoms with van der Waals surface area (Å²) in [6.45, 7) is 0.994. The molecule has 2 heterocycles. The van der Waals surface area contributed by atoms with Crippen LogP contribution in [0.5, 0.6) is 0 Å². The first-order valence-electron chi connectivity index (χ1n) is 6.31. The summed E-state index contributed by atoms with van der Waals surface area (Å²) in [6.07, 6.45) is 2.50. The lowest BCUT2D eigenvalue weighted by molar-refractivity contribution is 0.606. The number of halogens is 2. The van der Waals surface area contributed by atoms with Gasteiger partial charge in [-0.15, -0.1) is 0 Å². The quantitative estimate of drug-likeness (QED) is 0.909. The van der Waals surface area contributed by atoms with Crippen LogP contribution in [-0.4, -0.2) is 21.7 Å². The maximum atomic E-state index is 13.7. The number of nitrogens with one attached hydrogen (secondary N) is 2. The standard InChI is InChI=1S/C13H14ClFN4/c14-9-3-1-4-10(15)8(9)7-12-17-13(19-18-12)11-5-2-6-16-11/h1,3-4,11,16H,2,5-7H2,(H,17,18,19). The molecule has 3 rings (SSSR count). The zero-order chi connectivity index (χ0) is 13.2. The third-order valence-corrected chi connectivity index (χ3v) is 3.68. The molecular weight excluding hydrogens is 267 g/mol. The van der Waals surface area contributed by atoms with Gasteiger partial charge in [-0.05, 0) is 31.5 Å². The lowest BCUT2D eigenvalue weighted by Crippen LogP contribution is -2.14. The highest BCUT2D eigenvalue weighted by Crippen LogP contribution is 2.23. The summed E-state index contributed by atoms with van der Waals surface area (Å²) in [7, 11) is 0. The monoisotopic (exact) mass is 280 g/mol. The van der Waals surface area contributed by atoms with Gasteiger partial charge in [-0.1, -0.05) is 17.7 Å². The number of nitrogens with zero attached hydrogens (tertiary/aromatic N) is 2. The van der Waals surface area contributed by atoms with Crippen molar-refractivity contribution in [3.63, 3.8) is 0 Å². The maximum absolute atomic E-state index is 13.7. The van der Waals surface area contributed by atoms with E-state index in [1.807, 2.05) is 0 Å². The number of H-pyrrole nitrogens is 1. The summed E-state index contributed by atoms with van der Waals surface area (Å²) in [5.74, 6) is 1.07. The molecule has 1 aliphatic heterocycles. The number of hydrogen-bond donors (Lipinski definition) is 2. The van der Waals surface area contributed by atoms with Gasteiger partial charge < -0.3 is 5.32 Å². The summed E-state index contributed by atoms with van der Waals surface area (Å²) in [5.41, 5.74) is 0.450. The fourth-order valence-electron chi connectivity index (χ4n) is 2.32. The lowest BCUT2D eigenvalue weighted by atomic mass is 10.1. The molecule has 100 valence electrons. The van der Waals surface area contributed by atoms with Crippen molar-refractivity contribution >= 4 is 11.6 Å². The molecular formula is C13H14ClFN4. The average molecular weight is 281 g/mol. The zero-order valence-corrected chi connectivity index (χ0v) is 11.0. The van der Waals surface area contributed by atoms with Gasteiger partial charge in [-0.3, -0.25) is 5.10 Å². The van der Waals surface area contributed by atoms with Crippen LogP contribution in [0.15, 0.2) is 18.2 Å². The minimum absolute atomic E-state index is 0.209. The van der Waals surface area contributed by atoms with E-state index in [9.17, 15) is 4.39 Å². The SMILES string of the molecule is Fc1cccc(Cl)c1Cc1nc(C2CCCN2)n[nH]1. The highest BCUT2D eigenvalue weighted by atomic mass is 35.5. The Labute approximate surface area is 115 Å². The molecule has 1 aromatic heterocycles. The molecule has 0 bridgehead atoms. The Balaban J connectivity index is 1.80. The van der Waals surface area contributed by atoms with Gasteiger partial charge in [0, 0.05) is 17.0 Å². The molecule has 1 aromatic carbocycles. The molecule has 2 N–H and O–H groups in total. The topological polar surface area (TPSA) is 53.6 Å². The largest absolute Gasteiger partial charge is 0.307 e. The second kappa shape index (κ2) is 5.27. The number of aromatic amines is 1. The molecule has 1 fully saturated rings. The van der Waals surface area contributed by atoms with Crippen molar-refractivity contribution in [1.82, 2.24) is 20.5 Å². The number of benzene rings is 1. The first-order chi connectivity index (χ1) is 9.24. The van der Waals surface area contributed by atoms with Crippen LogP contribution in [0.4, 0.5) is 4.39 Å². The van der Waals surface area contributed by atoms with Crippen LogP contribution in [0, 0.1) is 5.82 Å². The summed E-state index contributed by atoms with van der Waals surface area (Å²) >= 11 is 6.00. The highest BCUT2D eigenvalue weighted by molar-refractivity contribution is 6.31. The molecule has 0 saturated carbocycles. The maximum Gasteiger partial charge on any atom is 0.167 e. The van der Waals surface area contributed by atoms with E-state index in [-0.39, 0.29) is 11.9 Å². The van der Waals surface area contributed by atoms with Crippen molar-refractivity contribution in [2.45, 2.75) is 25.3 Å². The summed E-state index contributed by atoms with van der Waals surface area (Å²) in [5, 5.41) is 10.8. The molecule has 0 aliphatic carbocycles. The second-order valence-electron chi connectivity index (χ2n) is 4.67. The predicted molar refractivity (Wildman–Crippen MR) is 70.6 cm³/mol. The normalized spacial score (nSPS) is 18.9. The molecule has 2 aromatic rings. The smallest absolute Gasteiger partial charge is 0.167 e. The summed E-state index contributed by atoms with van der Waals surface area (Å²) < 4.78 is 13.7. The van der Waals surface area contributed by atoms with Crippen molar-refractivity contribution in [2.24, 2.45) is 0 Å². The van der Waals surface area contributed by atoms with Crippen molar-refractivity contribution < 1.29 is 4.39 Å². The Morgan fingerprint density at radius 2 is 2.32 bits per heavy atom. The second-order valence-corrected chi connectivity index (χ2v) is 5.07. The minimum atomic E-state index is -0.315. The first kappa shape index (κ1) is 12.6. The fraction of sp³-hybridized carbons (Fsp3) is 0.385. The van der Waals surface area contributed by atoms with Crippen LogP contribution < -0.4 is 5.32 Å². The van der Waals surface area contributed by atoms with Gasteiger partial charge in [0.2, 0.25) is 0 Å². The third kappa shape index (κ3) is 2.62. The number of hydrogen-bond acceptors (Lipinski definition) is 3. The van der Waals surface area contributed by atoms with Gasteiger partial charge in [0.15, 0.2) is 5.82 Å². The van der Waals surface area contributed by atoms with Crippen molar-refractivity contribution in [2.75, 3.05) is 6.54 Å². The van der Waals surface area contributed by atoms with Gasteiger partial charge in [-0.25, -0.2) is 9.37 Å². The van der Waals surface area contributed by atoms with Crippen LogP contribution in [0.25, 0.3) is 0 Å². The van der Waals surface area contributed by atoms with Gasteiger partial charge in [-0.2, -0.15) is 5.10 Å². The van der Waals surface area contributed by atoms with E-state index in [1.165, 1.54) is 6.07 Å². The summed E-state index contributed by atoms with van der Waals surface area (Å²) in [6, 6.07) is 4.88. The molecule has 1 unspecified atom stereocenters. The number of aromatic nitrogens is 3. The molecule has 1 saturated heterocycles. The third-order valence-electron chi connectivity index (χ3n) is 3.33. The Morgan fingerprint density at radius 1 is 1.42 bits per heavy atom. The molecule has 4 nitrogen and oxygen atoms in total. The van der Waals surface area contributed by atoms with E-state index in [0.717, 1.165) is 25.2 Å². The fourth-order valence-corrected chi connectivity index (χ4v) is 2.55. The number of rotatable bonds is 3. The molecule has 0 amide bonds. The van der Waals surface area contributed by atoms with E-state index in [2.05, 4.69) is 20.5 Å². The van der Waals surface area contributed by atoms with Gasteiger partial charge in [0.25, 0.3) is 0 Å². The van der Waals surface area contributed by atoms with Crippen LogP contribution in [0.3, 0.4) is 0 Å². The zero-order valence-electron chi connectivity index (χ0n) is 10.3. The van der Waals surface area contributed by atoms with Gasteiger partial charge in [0.1, 0.15) is 11.6 Å². The summed E-state index contributed by atoms with van der Waals surface area (Å²) in [4.78, 5) is 4.42. The van der Waals surface area contributed by atoms with E-state index < -0.39 is 0 Å². The Kier molecular flexibility index (Phi) is 3.48. The van der Waals surface area contributed by atoms with E-state index in [4.69, 9.17) is 11.6 Å². The molecule has 1 aliphatic rings. The molecule has 0 spiro atoms. The molecule has 19 heavy (non-hydrogen) atoms. The van der Waals surface area contributed by atoms with Gasteiger partial charge in [0.05, 0.1) is 6.04 Å². The van der Waals surface area contributed by atoms with E-state index in [0.29, 0.717) is 22.8 Å². The van der Waals surface area contributed by atoms with Crippen molar-refractivity contribution in [3.05, 3.63) is 46.3 Å². The lowest BCUT2D eigenvalue weighted by Gasteiger charge is -2.04. The van der Waals surface area contributed by atoms with Crippen molar-refractivity contribution in [3.8, 4) is 0 Å².